The molecule has 1 atom stereocenters. The van der Waals surface area contributed by atoms with Gasteiger partial charge in [-0.1, -0.05) is 13.8 Å². The largest absolute Gasteiger partial charge is 0.508 e. The van der Waals surface area contributed by atoms with Crippen LogP contribution < -0.4 is 11.3 Å². The number of phenols is 1. The van der Waals surface area contributed by atoms with Gasteiger partial charge >= 0.3 is 0 Å². The lowest BCUT2D eigenvalue weighted by Gasteiger charge is -2.07. The van der Waals surface area contributed by atoms with E-state index < -0.39 is 17.6 Å². The van der Waals surface area contributed by atoms with E-state index in [2.05, 4.69) is 4.98 Å². The van der Waals surface area contributed by atoms with E-state index in [1.807, 2.05) is 13.8 Å². The molecule has 1 heterocycles. The monoisotopic (exact) mass is 264 g/mol. The Morgan fingerprint density at radius 2 is 1.95 bits per heavy atom. The van der Waals surface area contributed by atoms with Gasteiger partial charge in [-0.15, -0.1) is 0 Å². The maximum atomic E-state index is 11.6. The molecule has 0 saturated carbocycles. The quantitative estimate of drug-likeness (QED) is 0.641. The molecule has 0 aliphatic heterocycles. The first-order valence-electron chi connectivity index (χ1n) is 5.82. The van der Waals surface area contributed by atoms with Crippen molar-refractivity contribution in [2.75, 3.05) is 0 Å². The second kappa shape index (κ2) is 6.01. The van der Waals surface area contributed by atoms with Crippen molar-refractivity contribution in [3.8, 4) is 5.75 Å². The minimum atomic E-state index is -1.57. The van der Waals surface area contributed by atoms with Crippen molar-refractivity contribution in [3.63, 3.8) is 0 Å². The van der Waals surface area contributed by atoms with Crippen molar-refractivity contribution in [2.45, 2.75) is 20.0 Å². The number of aliphatic hydroxyl groups is 1. The summed E-state index contributed by atoms with van der Waals surface area (Å²) >= 11 is 0. The molecule has 5 N–H and O–H groups in total. The highest BCUT2D eigenvalue weighted by atomic mass is 16.3. The fourth-order valence-electron chi connectivity index (χ4n) is 1.58. The summed E-state index contributed by atoms with van der Waals surface area (Å²) < 4.78 is 0. The van der Waals surface area contributed by atoms with Gasteiger partial charge in [0.2, 0.25) is 0 Å². The maximum absolute atomic E-state index is 11.6. The predicted octanol–water partition coefficient (Wildman–Crippen LogP) is 0.779. The Morgan fingerprint density at radius 3 is 2.53 bits per heavy atom. The summed E-state index contributed by atoms with van der Waals surface area (Å²) in [5.74, 6) is -0.970. The number of pyridine rings is 1. The molecule has 102 valence electrons. The van der Waals surface area contributed by atoms with Crippen molar-refractivity contribution < 1.29 is 15.0 Å². The number of hydrogen-bond acceptors (Lipinski definition) is 4. The smallest absolute Gasteiger partial charge is 0.256 e. The number of carbonyl (C=O) groups is 1. The van der Waals surface area contributed by atoms with Crippen LogP contribution in [0.25, 0.3) is 10.8 Å². The maximum Gasteiger partial charge on any atom is 0.256 e. The van der Waals surface area contributed by atoms with E-state index in [0.717, 1.165) is 0 Å². The van der Waals surface area contributed by atoms with Crippen LogP contribution in [-0.4, -0.2) is 21.1 Å². The number of primary amides is 1. The summed E-state index contributed by atoms with van der Waals surface area (Å²) in [5, 5.41) is 19.5. The number of aromatic hydroxyl groups is 1. The van der Waals surface area contributed by atoms with Crippen LogP contribution in [0.4, 0.5) is 0 Å². The zero-order valence-electron chi connectivity index (χ0n) is 10.7. The zero-order valence-corrected chi connectivity index (χ0v) is 10.7. The highest BCUT2D eigenvalue weighted by Crippen LogP contribution is 2.19. The van der Waals surface area contributed by atoms with Gasteiger partial charge in [0, 0.05) is 5.39 Å². The molecule has 1 aromatic carbocycles. The lowest BCUT2D eigenvalue weighted by molar-refractivity contribution is -0.126. The van der Waals surface area contributed by atoms with Crippen molar-refractivity contribution in [1.82, 2.24) is 4.98 Å². The standard InChI is InChI=1S/C11H10N2O4.C2H6/c12-10(16)9(15)8-4-5-3-6(14)1-2-7(5)11(17)13-8;1-2/h1-4,9,14-15H,(H2,12,16)(H,13,17);1-2H3. The Kier molecular flexibility index (Phi) is 4.66. The minimum absolute atomic E-state index is 0.000556. The van der Waals surface area contributed by atoms with Gasteiger partial charge in [0.25, 0.3) is 11.5 Å². The minimum Gasteiger partial charge on any atom is -0.508 e. The Balaban J connectivity index is 0.000000861. The van der Waals surface area contributed by atoms with Crippen molar-refractivity contribution in [2.24, 2.45) is 5.73 Å². The summed E-state index contributed by atoms with van der Waals surface area (Å²) in [4.78, 5) is 24.8. The lowest BCUT2D eigenvalue weighted by Crippen LogP contribution is -2.24. The molecule has 19 heavy (non-hydrogen) atoms. The van der Waals surface area contributed by atoms with E-state index in [4.69, 9.17) is 5.73 Å². The highest BCUT2D eigenvalue weighted by molar-refractivity contribution is 5.85. The SMILES string of the molecule is CC.NC(=O)C(O)c1cc2cc(O)ccc2c(=O)[nH]1. The van der Waals surface area contributed by atoms with E-state index in [9.17, 15) is 19.8 Å². The number of phenolic OH excluding ortho intramolecular Hbond substituents is 1. The van der Waals surface area contributed by atoms with E-state index in [-0.39, 0.29) is 11.4 Å². The molecule has 0 aliphatic rings. The Hall–Kier alpha value is -2.34. The first-order valence-corrected chi connectivity index (χ1v) is 5.82. The average molecular weight is 264 g/mol. The number of H-pyrrole nitrogens is 1. The fourth-order valence-corrected chi connectivity index (χ4v) is 1.58. The number of aromatic amines is 1. The van der Waals surface area contributed by atoms with Gasteiger partial charge in [0.1, 0.15) is 5.75 Å². The molecule has 1 unspecified atom stereocenters. The topological polar surface area (TPSA) is 116 Å². The Labute approximate surface area is 109 Å². The molecule has 0 fully saturated rings. The number of nitrogens with two attached hydrogens (primary N) is 1. The Bertz CT molecular complexity index is 649. The molecule has 0 spiro atoms. The average Bonchev–Trinajstić information content (AvgIpc) is 2.39. The molecule has 0 radical (unpaired) electrons. The second-order valence-electron chi connectivity index (χ2n) is 3.63. The van der Waals surface area contributed by atoms with Crippen LogP contribution >= 0.6 is 0 Å². The third-order valence-electron chi connectivity index (χ3n) is 2.41. The second-order valence-corrected chi connectivity index (χ2v) is 3.63. The summed E-state index contributed by atoms with van der Waals surface area (Å²) in [6.45, 7) is 4.00. The molecule has 6 nitrogen and oxygen atoms in total. The molecular weight excluding hydrogens is 248 g/mol. The number of aromatic nitrogens is 1. The summed E-state index contributed by atoms with van der Waals surface area (Å²) in [5.41, 5.74) is 4.47. The van der Waals surface area contributed by atoms with Gasteiger partial charge in [0.15, 0.2) is 6.10 Å². The number of nitrogens with one attached hydrogen (secondary N) is 1. The molecule has 1 aromatic heterocycles. The number of amides is 1. The summed E-state index contributed by atoms with van der Waals surface area (Å²) in [6, 6.07) is 5.58. The normalized spacial score (nSPS) is 11.5. The summed E-state index contributed by atoms with van der Waals surface area (Å²) in [7, 11) is 0. The lowest BCUT2D eigenvalue weighted by atomic mass is 10.1. The molecule has 1 amide bonds. The number of hydrogen-bond donors (Lipinski definition) is 4. The molecule has 0 saturated heterocycles. The van der Waals surface area contributed by atoms with Crippen molar-refractivity contribution >= 4 is 16.7 Å². The third kappa shape index (κ3) is 3.11. The fraction of sp³-hybridized carbons (Fsp3) is 0.231. The zero-order chi connectivity index (χ0) is 14.6. The van der Waals surface area contributed by atoms with E-state index in [0.29, 0.717) is 10.8 Å². The number of carbonyl (C=O) groups excluding carboxylic acids is 1. The van der Waals surface area contributed by atoms with Crippen LogP contribution in [0.15, 0.2) is 29.1 Å². The van der Waals surface area contributed by atoms with E-state index in [1.165, 1.54) is 24.3 Å². The first kappa shape index (κ1) is 14.7. The van der Waals surface area contributed by atoms with Gasteiger partial charge in [-0.25, -0.2) is 0 Å². The van der Waals surface area contributed by atoms with Crippen LogP contribution in [0.1, 0.15) is 25.6 Å². The van der Waals surface area contributed by atoms with E-state index in [1.54, 1.807) is 0 Å². The van der Waals surface area contributed by atoms with Crippen molar-refractivity contribution in [3.05, 3.63) is 40.3 Å². The highest BCUT2D eigenvalue weighted by Gasteiger charge is 2.16. The van der Waals surface area contributed by atoms with Crippen LogP contribution in [-0.2, 0) is 4.79 Å². The third-order valence-corrected chi connectivity index (χ3v) is 2.41. The van der Waals surface area contributed by atoms with Crippen LogP contribution in [0, 0.1) is 0 Å². The Morgan fingerprint density at radius 1 is 1.32 bits per heavy atom. The number of benzene rings is 1. The van der Waals surface area contributed by atoms with Crippen LogP contribution in [0.2, 0.25) is 0 Å². The van der Waals surface area contributed by atoms with Gasteiger partial charge in [-0.3, -0.25) is 9.59 Å². The molecule has 0 aliphatic carbocycles. The number of aliphatic hydroxyl groups excluding tert-OH is 1. The number of rotatable bonds is 2. The molecule has 2 rings (SSSR count). The molecule has 6 heteroatoms. The molecular formula is C13H16N2O4. The number of fused-ring (bicyclic) bond motifs is 1. The van der Waals surface area contributed by atoms with Crippen LogP contribution in [0.3, 0.4) is 0 Å². The van der Waals surface area contributed by atoms with Gasteiger partial charge in [-0.2, -0.15) is 0 Å². The first-order chi connectivity index (χ1) is 8.99. The van der Waals surface area contributed by atoms with Crippen molar-refractivity contribution in [1.29, 1.82) is 0 Å². The molecule has 0 bridgehead atoms. The van der Waals surface area contributed by atoms with Crippen LogP contribution in [0.5, 0.6) is 5.75 Å². The van der Waals surface area contributed by atoms with Gasteiger partial charge < -0.3 is 20.9 Å². The van der Waals surface area contributed by atoms with E-state index >= 15 is 0 Å². The predicted molar refractivity (Wildman–Crippen MR) is 71.7 cm³/mol. The summed E-state index contributed by atoms with van der Waals surface area (Å²) in [6.07, 6.45) is -1.57. The molecule has 2 aromatic rings. The van der Waals surface area contributed by atoms with Gasteiger partial charge in [0.05, 0.1) is 5.69 Å². The van der Waals surface area contributed by atoms with Gasteiger partial charge in [-0.05, 0) is 29.7 Å².